The fraction of sp³-hybridized carbons (Fsp3) is 0.733. The van der Waals surface area contributed by atoms with Crippen LogP contribution >= 0.6 is 11.3 Å². The van der Waals surface area contributed by atoms with Gasteiger partial charge in [0.05, 0.1) is 6.54 Å². The lowest BCUT2D eigenvalue weighted by Gasteiger charge is -2.20. The van der Waals surface area contributed by atoms with Crippen LogP contribution in [0.2, 0.25) is 0 Å². The smallest absolute Gasteiger partial charge is 0.352 e. The van der Waals surface area contributed by atoms with E-state index in [0.29, 0.717) is 23.1 Å². The van der Waals surface area contributed by atoms with Gasteiger partial charge in [-0.3, -0.25) is 9.89 Å². The van der Waals surface area contributed by atoms with Gasteiger partial charge in [0.1, 0.15) is 5.01 Å². The molecule has 0 spiro atoms. The lowest BCUT2D eigenvalue weighted by atomic mass is 10.2. The highest BCUT2D eigenvalue weighted by molar-refractivity contribution is 7.09. The van der Waals surface area contributed by atoms with Gasteiger partial charge in [0.25, 0.3) is 0 Å². The van der Waals surface area contributed by atoms with Crippen LogP contribution in [0.3, 0.4) is 0 Å². The van der Waals surface area contributed by atoms with Crippen LogP contribution in [0.1, 0.15) is 36.9 Å². The molecule has 1 aromatic rings. The normalized spacial score (nSPS) is 26.0. The average molecular weight is 361 g/mol. The number of hydrogen-bond donors (Lipinski definition) is 2. The monoisotopic (exact) mass is 361 g/mol. The maximum absolute atomic E-state index is 12.6. The number of likely N-dealkylation sites (tertiary alicyclic amines) is 1. The van der Waals surface area contributed by atoms with Gasteiger partial charge in [0.15, 0.2) is 11.7 Å². The highest BCUT2D eigenvalue weighted by atomic mass is 32.1. The van der Waals surface area contributed by atoms with Crippen molar-refractivity contribution in [1.82, 2.24) is 20.5 Å². The van der Waals surface area contributed by atoms with Crippen molar-refractivity contribution in [2.24, 2.45) is 4.99 Å². The zero-order chi connectivity index (χ0) is 17.3. The number of nitrogens with zero attached hydrogens (tertiary/aromatic N) is 3. The van der Waals surface area contributed by atoms with Crippen molar-refractivity contribution in [3.8, 4) is 0 Å². The summed E-state index contributed by atoms with van der Waals surface area (Å²) in [6.45, 7) is 3.46. The number of thiazole rings is 1. The molecule has 2 heterocycles. The molecule has 2 fully saturated rings. The van der Waals surface area contributed by atoms with Crippen LogP contribution in [0, 0.1) is 0 Å². The first-order valence-electron chi connectivity index (χ1n) is 8.11. The van der Waals surface area contributed by atoms with Crippen molar-refractivity contribution in [1.29, 1.82) is 0 Å². The first-order chi connectivity index (χ1) is 11.4. The van der Waals surface area contributed by atoms with Gasteiger partial charge in [-0.2, -0.15) is 13.2 Å². The molecule has 9 heteroatoms. The van der Waals surface area contributed by atoms with Gasteiger partial charge in [0.2, 0.25) is 0 Å². The summed E-state index contributed by atoms with van der Waals surface area (Å²) in [5.74, 6) is 0.605. The summed E-state index contributed by atoms with van der Waals surface area (Å²) in [6, 6.07) is 1.60. The molecule has 134 valence electrons. The number of alkyl halides is 3. The van der Waals surface area contributed by atoms with Crippen LogP contribution in [0.5, 0.6) is 0 Å². The fourth-order valence-corrected chi connectivity index (χ4v) is 3.89. The summed E-state index contributed by atoms with van der Waals surface area (Å²) < 4.78 is 37.7. The lowest BCUT2D eigenvalue weighted by molar-refractivity contribution is -0.140. The summed E-state index contributed by atoms with van der Waals surface area (Å²) in [5, 5.41) is 7.85. The van der Waals surface area contributed by atoms with E-state index in [2.05, 4.69) is 32.4 Å². The maximum atomic E-state index is 12.6. The fourth-order valence-electron chi connectivity index (χ4n) is 3.15. The third-order valence-corrected chi connectivity index (χ3v) is 5.30. The Morgan fingerprint density at radius 1 is 1.46 bits per heavy atom. The molecular weight excluding hydrogens is 339 g/mol. The minimum Gasteiger partial charge on any atom is -0.352 e. The molecule has 0 bridgehead atoms. The number of nitrogens with one attached hydrogen (secondary N) is 2. The van der Waals surface area contributed by atoms with E-state index in [0.717, 1.165) is 35.7 Å². The topological polar surface area (TPSA) is 52.6 Å². The highest BCUT2D eigenvalue weighted by Crippen LogP contribution is 2.33. The molecule has 0 radical (unpaired) electrons. The van der Waals surface area contributed by atoms with Crippen LogP contribution in [0.4, 0.5) is 13.2 Å². The number of aliphatic imine (C=N–C) groups is 1. The van der Waals surface area contributed by atoms with E-state index in [1.807, 2.05) is 0 Å². The summed E-state index contributed by atoms with van der Waals surface area (Å²) in [7, 11) is 1.66. The Balaban J connectivity index is 1.49. The van der Waals surface area contributed by atoms with Gasteiger partial charge in [-0.25, -0.2) is 4.98 Å². The Hall–Kier alpha value is -1.35. The highest BCUT2D eigenvalue weighted by Gasteiger charge is 2.39. The molecule has 2 atom stereocenters. The van der Waals surface area contributed by atoms with E-state index in [9.17, 15) is 13.2 Å². The molecule has 1 aromatic heterocycles. The largest absolute Gasteiger partial charge is 0.434 e. The second-order valence-electron chi connectivity index (χ2n) is 6.40. The molecule has 1 aliphatic carbocycles. The maximum Gasteiger partial charge on any atom is 0.434 e. The zero-order valence-corrected chi connectivity index (χ0v) is 14.5. The van der Waals surface area contributed by atoms with Gasteiger partial charge in [-0.05, 0) is 26.2 Å². The van der Waals surface area contributed by atoms with E-state index < -0.39 is 11.9 Å². The molecule has 2 aliphatic rings. The standard InChI is InChI=1S/C15H22F3N5S/c1-9-5-10(7-23(9)11-3-4-11)21-14(19-2)20-6-13-22-12(8-24-13)15(16,17)18/h8-11H,3-7H2,1-2H3,(H2,19,20,21). The molecular formula is C15H22F3N5S. The van der Waals surface area contributed by atoms with Gasteiger partial charge < -0.3 is 10.6 Å². The van der Waals surface area contributed by atoms with Crippen LogP contribution in [0.15, 0.2) is 10.4 Å². The molecule has 1 saturated heterocycles. The number of halogens is 3. The number of hydrogen-bond acceptors (Lipinski definition) is 4. The molecule has 5 nitrogen and oxygen atoms in total. The third-order valence-electron chi connectivity index (χ3n) is 4.45. The van der Waals surface area contributed by atoms with Crippen molar-refractivity contribution in [2.75, 3.05) is 13.6 Å². The minimum atomic E-state index is -4.39. The predicted molar refractivity (Wildman–Crippen MR) is 88.0 cm³/mol. The molecule has 24 heavy (non-hydrogen) atoms. The number of aromatic nitrogens is 1. The lowest BCUT2D eigenvalue weighted by Crippen LogP contribution is -2.44. The Labute approximate surface area is 143 Å². The van der Waals surface area contributed by atoms with Crippen LogP contribution in [0.25, 0.3) is 0 Å². The zero-order valence-electron chi connectivity index (χ0n) is 13.7. The number of rotatable bonds is 4. The Morgan fingerprint density at radius 2 is 2.21 bits per heavy atom. The molecule has 1 saturated carbocycles. The van der Waals surface area contributed by atoms with E-state index in [-0.39, 0.29) is 6.54 Å². The minimum absolute atomic E-state index is 0.231. The quantitative estimate of drug-likeness (QED) is 0.639. The van der Waals surface area contributed by atoms with Gasteiger partial charge >= 0.3 is 6.18 Å². The van der Waals surface area contributed by atoms with Crippen molar-refractivity contribution < 1.29 is 13.2 Å². The third kappa shape index (κ3) is 4.18. The molecule has 2 N–H and O–H groups in total. The summed E-state index contributed by atoms with van der Waals surface area (Å²) >= 11 is 1.000. The van der Waals surface area contributed by atoms with Gasteiger partial charge in [0, 0.05) is 37.1 Å². The van der Waals surface area contributed by atoms with Gasteiger partial charge in [-0.1, -0.05) is 0 Å². The van der Waals surface area contributed by atoms with Crippen molar-refractivity contribution in [3.05, 3.63) is 16.1 Å². The summed E-state index contributed by atoms with van der Waals surface area (Å²) in [4.78, 5) is 10.3. The summed E-state index contributed by atoms with van der Waals surface area (Å²) in [6.07, 6.45) is -0.765. The van der Waals surface area contributed by atoms with E-state index in [1.54, 1.807) is 7.05 Å². The van der Waals surface area contributed by atoms with Crippen molar-refractivity contribution >= 4 is 17.3 Å². The first kappa shape index (κ1) is 17.5. The molecule has 3 rings (SSSR count). The molecule has 2 unspecified atom stereocenters. The van der Waals surface area contributed by atoms with Crippen molar-refractivity contribution in [2.45, 2.75) is 57.0 Å². The molecule has 0 aromatic carbocycles. The Kier molecular flexibility index (Phi) is 5.00. The average Bonchev–Trinajstić information content (AvgIpc) is 3.11. The van der Waals surface area contributed by atoms with Crippen LogP contribution in [-0.2, 0) is 12.7 Å². The molecule has 0 amide bonds. The van der Waals surface area contributed by atoms with E-state index >= 15 is 0 Å². The van der Waals surface area contributed by atoms with Crippen LogP contribution in [-0.4, -0.2) is 47.6 Å². The summed E-state index contributed by atoms with van der Waals surface area (Å²) in [5.41, 5.74) is -0.836. The van der Waals surface area contributed by atoms with Crippen molar-refractivity contribution in [3.63, 3.8) is 0 Å². The second kappa shape index (κ2) is 6.87. The Morgan fingerprint density at radius 3 is 2.79 bits per heavy atom. The predicted octanol–water partition coefficient (Wildman–Crippen LogP) is 2.45. The SMILES string of the molecule is CN=C(NCc1nc(C(F)(F)F)cs1)NC1CC(C)N(C2CC2)C1. The number of guanidine groups is 1. The first-order valence-corrected chi connectivity index (χ1v) is 8.99. The van der Waals surface area contributed by atoms with Crippen LogP contribution < -0.4 is 10.6 Å². The van der Waals surface area contributed by atoms with Gasteiger partial charge in [-0.15, -0.1) is 11.3 Å². The van der Waals surface area contributed by atoms with E-state index in [1.165, 1.54) is 12.8 Å². The molecule has 1 aliphatic heterocycles. The van der Waals surface area contributed by atoms with E-state index in [4.69, 9.17) is 0 Å². The Bertz CT molecular complexity index is 596. The second-order valence-corrected chi connectivity index (χ2v) is 7.35.